The van der Waals surface area contributed by atoms with Gasteiger partial charge in [0, 0.05) is 20.0 Å². The molecule has 2 heterocycles. The molecule has 1 N–H and O–H groups in total. The predicted molar refractivity (Wildman–Crippen MR) is 74.7 cm³/mol. The highest BCUT2D eigenvalue weighted by Gasteiger charge is 2.38. The van der Waals surface area contributed by atoms with Gasteiger partial charge in [-0.15, -0.1) is 0 Å². The lowest BCUT2D eigenvalue weighted by Gasteiger charge is -2.14. The molecule has 0 spiro atoms. The summed E-state index contributed by atoms with van der Waals surface area (Å²) in [5.41, 5.74) is 0.241. The Kier molecular flexibility index (Phi) is 2.17. The molecular weight excluding hydrogens is 256 g/mol. The number of imidazole rings is 1. The van der Waals surface area contributed by atoms with Gasteiger partial charge < -0.3 is 4.98 Å². The lowest BCUT2D eigenvalue weighted by atomic mass is 9.93. The molecule has 0 unspecified atom stereocenters. The van der Waals surface area contributed by atoms with Gasteiger partial charge in [-0.2, -0.15) is 0 Å². The molecular formula is C14H16N4O2. The Hall–Kier alpha value is -2.11. The first-order valence-electron chi connectivity index (χ1n) is 6.90. The average Bonchev–Trinajstić information content (AvgIpc) is 3.15. The van der Waals surface area contributed by atoms with Crippen LogP contribution < -0.4 is 11.2 Å². The molecule has 6 nitrogen and oxygen atoms in total. The molecule has 0 aliphatic heterocycles. The first-order chi connectivity index (χ1) is 9.56. The van der Waals surface area contributed by atoms with E-state index >= 15 is 0 Å². The molecule has 2 bridgehead atoms. The zero-order chi connectivity index (χ0) is 14.0. The summed E-state index contributed by atoms with van der Waals surface area (Å²) in [6, 6.07) is 0. The van der Waals surface area contributed by atoms with Crippen LogP contribution in [0.5, 0.6) is 0 Å². The maximum Gasteiger partial charge on any atom is 0.332 e. The highest BCUT2D eigenvalue weighted by molar-refractivity contribution is 5.69. The van der Waals surface area contributed by atoms with E-state index in [2.05, 4.69) is 22.1 Å². The molecule has 4 rings (SSSR count). The van der Waals surface area contributed by atoms with Gasteiger partial charge in [-0.05, 0) is 24.7 Å². The maximum absolute atomic E-state index is 12.2. The number of aromatic nitrogens is 4. The number of nitrogens with one attached hydrogen (secondary N) is 1. The van der Waals surface area contributed by atoms with Crippen LogP contribution in [0.25, 0.3) is 11.2 Å². The summed E-state index contributed by atoms with van der Waals surface area (Å²) >= 11 is 0. The number of aromatic amines is 1. The Morgan fingerprint density at radius 1 is 1.20 bits per heavy atom. The van der Waals surface area contributed by atoms with E-state index in [4.69, 9.17) is 0 Å². The van der Waals surface area contributed by atoms with E-state index in [0.717, 1.165) is 16.8 Å². The van der Waals surface area contributed by atoms with Crippen molar-refractivity contribution < 1.29 is 0 Å². The number of nitrogens with zero attached hydrogens (tertiary/aromatic N) is 3. The fourth-order valence-corrected chi connectivity index (χ4v) is 3.61. The number of fused-ring (bicyclic) bond motifs is 3. The van der Waals surface area contributed by atoms with Gasteiger partial charge in [0.05, 0.1) is 0 Å². The lowest BCUT2D eigenvalue weighted by Crippen LogP contribution is -2.36. The number of allylic oxidation sites excluding steroid dienone is 2. The molecule has 0 radical (unpaired) electrons. The number of H-pyrrole nitrogens is 1. The van der Waals surface area contributed by atoms with Crippen LogP contribution in [0.4, 0.5) is 0 Å². The molecule has 6 heteroatoms. The van der Waals surface area contributed by atoms with E-state index in [1.807, 2.05) is 0 Å². The lowest BCUT2D eigenvalue weighted by molar-refractivity contribution is 0.559. The average molecular weight is 272 g/mol. The van der Waals surface area contributed by atoms with E-state index < -0.39 is 0 Å². The van der Waals surface area contributed by atoms with E-state index in [0.29, 0.717) is 28.9 Å². The monoisotopic (exact) mass is 272 g/mol. The van der Waals surface area contributed by atoms with Gasteiger partial charge in [-0.1, -0.05) is 12.2 Å². The van der Waals surface area contributed by atoms with Gasteiger partial charge in [-0.25, -0.2) is 9.78 Å². The van der Waals surface area contributed by atoms with E-state index in [1.165, 1.54) is 18.0 Å². The van der Waals surface area contributed by atoms with Crippen molar-refractivity contribution in [1.29, 1.82) is 0 Å². The highest BCUT2D eigenvalue weighted by atomic mass is 16.2. The Morgan fingerprint density at radius 3 is 2.65 bits per heavy atom. The van der Waals surface area contributed by atoms with Gasteiger partial charge in [0.2, 0.25) is 0 Å². The highest BCUT2D eigenvalue weighted by Crippen LogP contribution is 2.47. The van der Waals surface area contributed by atoms with Crippen LogP contribution in [0.3, 0.4) is 0 Å². The molecule has 0 aromatic carbocycles. The van der Waals surface area contributed by atoms with Crippen molar-refractivity contribution in [3.8, 4) is 0 Å². The second-order valence-electron chi connectivity index (χ2n) is 5.91. The van der Waals surface area contributed by atoms with Crippen LogP contribution in [-0.2, 0) is 14.1 Å². The van der Waals surface area contributed by atoms with Crippen LogP contribution in [0.2, 0.25) is 0 Å². The van der Waals surface area contributed by atoms with Gasteiger partial charge in [-0.3, -0.25) is 13.9 Å². The van der Waals surface area contributed by atoms with Crippen molar-refractivity contribution in [2.24, 2.45) is 25.9 Å². The van der Waals surface area contributed by atoms with Crippen molar-refractivity contribution in [3.63, 3.8) is 0 Å². The summed E-state index contributed by atoms with van der Waals surface area (Å²) in [6.45, 7) is 0. The van der Waals surface area contributed by atoms with Crippen LogP contribution >= 0.6 is 0 Å². The number of hydrogen-bond donors (Lipinski definition) is 1. The fourth-order valence-electron chi connectivity index (χ4n) is 3.61. The molecule has 1 saturated carbocycles. The minimum atomic E-state index is -0.339. The third-order valence-corrected chi connectivity index (χ3v) is 4.74. The topological polar surface area (TPSA) is 72.7 Å². The molecule has 2 aromatic heterocycles. The molecule has 20 heavy (non-hydrogen) atoms. The van der Waals surface area contributed by atoms with Gasteiger partial charge >= 0.3 is 5.69 Å². The quantitative estimate of drug-likeness (QED) is 0.774. The van der Waals surface area contributed by atoms with Crippen molar-refractivity contribution in [3.05, 3.63) is 38.8 Å². The van der Waals surface area contributed by atoms with Crippen molar-refractivity contribution in [2.45, 2.75) is 18.8 Å². The zero-order valence-corrected chi connectivity index (χ0v) is 11.5. The summed E-state index contributed by atoms with van der Waals surface area (Å²) in [7, 11) is 3.14. The van der Waals surface area contributed by atoms with Crippen LogP contribution in [-0.4, -0.2) is 19.1 Å². The second-order valence-corrected chi connectivity index (χ2v) is 5.91. The number of aryl methyl sites for hydroxylation is 1. The Morgan fingerprint density at radius 2 is 2.00 bits per heavy atom. The first-order valence-corrected chi connectivity index (χ1v) is 6.90. The zero-order valence-electron chi connectivity index (χ0n) is 11.5. The Labute approximate surface area is 114 Å². The normalized spacial score (nSPS) is 27.8. The van der Waals surface area contributed by atoms with Crippen molar-refractivity contribution in [1.82, 2.24) is 19.1 Å². The molecule has 3 atom stereocenters. The second kappa shape index (κ2) is 3.71. The number of hydrogen-bond acceptors (Lipinski definition) is 3. The minimum Gasteiger partial charge on any atom is -0.336 e. The molecule has 1 fully saturated rings. The van der Waals surface area contributed by atoms with E-state index in [-0.39, 0.29) is 11.2 Å². The first kappa shape index (κ1) is 11.7. The molecule has 0 saturated heterocycles. The predicted octanol–water partition coefficient (Wildman–Crippen LogP) is 0.640. The summed E-state index contributed by atoms with van der Waals surface area (Å²) in [4.78, 5) is 31.8. The molecule has 0 amide bonds. The third-order valence-electron chi connectivity index (χ3n) is 4.74. The summed E-state index contributed by atoms with van der Waals surface area (Å²) in [5.74, 6) is 2.35. The minimum absolute atomic E-state index is 0.305. The van der Waals surface area contributed by atoms with Crippen LogP contribution in [0.15, 0.2) is 21.7 Å². The van der Waals surface area contributed by atoms with E-state index in [1.54, 1.807) is 7.05 Å². The Balaban J connectivity index is 1.94. The molecule has 2 aromatic rings. The SMILES string of the molecule is Cn1c(=O)c2[nH]c([C@@H]3C[C@@H]4C=C[C@H]3C4)nc2n(C)c1=O. The van der Waals surface area contributed by atoms with Crippen molar-refractivity contribution >= 4 is 11.2 Å². The Bertz CT molecular complexity index is 854. The standard InChI is InChI=1S/C14H16N4O2/c1-17-12-10(13(19)18(2)14(17)20)15-11(16-12)9-6-7-3-4-8(9)5-7/h3-4,7-9H,5-6H2,1-2H3,(H,15,16)/t7-,8+,9-/m1/s1. The van der Waals surface area contributed by atoms with Crippen molar-refractivity contribution in [2.75, 3.05) is 0 Å². The molecule has 2 aliphatic rings. The van der Waals surface area contributed by atoms with Gasteiger partial charge in [0.1, 0.15) is 11.3 Å². The largest absolute Gasteiger partial charge is 0.336 e. The van der Waals surface area contributed by atoms with E-state index in [9.17, 15) is 9.59 Å². The molecule has 104 valence electrons. The summed E-state index contributed by atoms with van der Waals surface area (Å²) < 4.78 is 2.55. The van der Waals surface area contributed by atoms with Crippen LogP contribution in [0.1, 0.15) is 24.6 Å². The smallest absolute Gasteiger partial charge is 0.332 e. The third kappa shape index (κ3) is 1.36. The molecule has 2 aliphatic carbocycles. The van der Waals surface area contributed by atoms with Crippen LogP contribution in [0, 0.1) is 11.8 Å². The fraction of sp³-hybridized carbons (Fsp3) is 0.500. The summed E-state index contributed by atoms with van der Waals surface area (Å²) in [6.07, 6.45) is 6.79. The number of rotatable bonds is 1. The van der Waals surface area contributed by atoms with Gasteiger partial charge in [0.25, 0.3) is 5.56 Å². The summed E-state index contributed by atoms with van der Waals surface area (Å²) in [5, 5.41) is 0. The maximum atomic E-state index is 12.2. The van der Waals surface area contributed by atoms with Gasteiger partial charge in [0.15, 0.2) is 5.65 Å².